The van der Waals surface area contributed by atoms with Crippen LogP contribution in [0.15, 0.2) is 71.6 Å². The van der Waals surface area contributed by atoms with Gasteiger partial charge >= 0.3 is 0 Å². The van der Waals surface area contributed by atoms with Gasteiger partial charge in [0.1, 0.15) is 22.2 Å². The first-order chi connectivity index (χ1) is 15.8. The molecule has 0 aromatic heterocycles. The number of anilines is 1. The summed E-state index contributed by atoms with van der Waals surface area (Å²) in [6.45, 7) is 0. The summed E-state index contributed by atoms with van der Waals surface area (Å²) in [6.07, 6.45) is 1.28. The van der Waals surface area contributed by atoms with Crippen molar-refractivity contribution in [1.82, 2.24) is 0 Å². The number of nitrogens with zero attached hydrogens (tertiary/aromatic N) is 1. The van der Waals surface area contributed by atoms with Crippen molar-refractivity contribution >= 4 is 39.1 Å². The molecule has 1 heterocycles. The van der Waals surface area contributed by atoms with Crippen molar-refractivity contribution in [1.29, 1.82) is 0 Å². The zero-order chi connectivity index (χ0) is 23.8. The molecule has 0 spiro atoms. The fraction of sp³-hybridized carbons (Fsp3) is 0.125. The molecule has 4 rings (SSSR count). The van der Waals surface area contributed by atoms with E-state index in [2.05, 4.69) is 0 Å². The van der Waals surface area contributed by atoms with E-state index in [1.54, 1.807) is 42.5 Å². The van der Waals surface area contributed by atoms with Crippen molar-refractivity contribution in [3.05, 3.63) is 93.6 Å². The Morgan fingerprint density at radius 2 is 1.64 bits per heavy atom. The van der Waals surface area contributed by atoms with Crippen LogP contribution in [0.3, 0.4) is 0 Å². The normalized spacial score (nSPS) is 18.5. The van der Waals surface area contributed by atoms with E-state index in [1.165, 1.54) is 37.3 Å². The summed E-state index contributed by atoms with van der Waals surface area (Å²) >= 11 is 5.98. The SMILES string of the molecule is COc1ccc(C=C2C(=O)N(c3ccc(Cl)cc3)C(c3ccc(F)cc3)S2(=O)=O)c(OC)c1. The molecule has 0 bridgehead atoms. The minimum Gasteiger partial charge on any atom is -0.497 e. The van der Waals surface area contributed by atoms with Crippen molar-refractivity contribution in [3.8, 4) is 11.5 Å². The molecule has 33 heavy (non-hydrogen) atoms. The molecule has 3 aromatic carbocycles. The van der Waals surface area contributed by atoms with Crippen LogP contribution in [-0.2, 0) is 14.6 Å². The number of halogens is 2. The summed E-state index contributed by atoms with van der Waals surface area (Å²) in [5.41, 5.74) is 0.984. The predicted molar refractivity (Wildman–Crippen MR) is 125 cm³/mol. The Morgan fingerprint density at radius 1 is 0.970 bits per heavy atom. The van der Waals surface area contributed by atoms with Crippen LogP contribution in [0.4, 0.5) is 10.1 Å². The van der Waals surface area contributed by atoms with Crippen LogP contribution in [0.2, 0.25) is 5.02 Å². The first-order valence-corrected chi connectivity index (χ1v) is 11.7. The van der Waals surface area contributed by atoms with Crippen molar-refractivity contribution < 1.29 is 27.1 Å². The number of rotatable bonds is 5. The molecular weight excluding hydrogens is 469 g/mol. The molecule has 9 heteroatoms. The largest absolute Gasteiger partial charge is 0.497 e. The number of hydrogen-bond acceptors (Lipinski definition) is 5. The van der Waals surface area contributed by atoms with Gasteiger partial charge in [0.2, 0.25) is 9.84 Å². The molecule has 1 unspecified atom stereocenters. The molecule has 1 saturated heterocycles. The van der Waals surface area contributed by atoms with E-state index in [-0.39, 0.29) is 5.56 Å². The number of methoxy groups -OCH3 is 2. The number of amides is 1. The molecule has 1 amide bonds. The minimum absolute atomic E-state index is 0.254. The van der Waals surface area contributed by atoms with Gasteiger partial charge in [0.25, 0.3) is 5.91 Å². The van der Waals surface area contributed by atoms with Gasteiger partial charge in [0.15, 0.2) is 5.37 Å². The second kappa shape index (κ2) is 8.88. The molecular formula is C24H19ClFNO5S. The van der Waals surface area contributed by atoms with Crippen molar-refractivity contribution in [2.75, 3.05) is 19.1 Å². The highest BCUT2D eigenvalue weighted by Crippen LogP contribution is 2.44. The van der Waals surface area contributed by atoms with E-state index in [4.69, 9.17) is 21.1 Å². The molecule has 0 aliphatic carbocycles. The lowest BCUT2D eigenvalue weighted by atomic mass is 10.1. The summed E-state index contributed by atoms with van der Waals surface area (Å²) in [7, 11) is -1.27. The average molecular weight is 488 g/mol. The molecule has 1 fully saturated rings. The molecule has 1 aliphatic heterocycles. The quantitative estimate of drug-likeness (QED) is 0.474. The molecule has 6 nitrogen and oxygen atoms in total. The highest BCUT2D eigenvalue weighted by Gasteiger charge is 2.50. The Hall–Kier alpha value is -3.36. The second-order valence-corrected chi connectivity index (χ2v) is 9.63. The van der Waals surface area contributed by atoms with Gasteiger partial charge < -0.3 is 9.47 Å². The fourth-order valence-electron chi connectivity index (χ4n) is 3.64. The monoisotopic (exact) mass is 487 g/mol. The smallest absolute Gasteiger partial charge is 0.271 e. The number of benzene rings is 3. The summed E-state index contributed by atoms with van der Waals surface area (Å²) in [5.74, 6) is -0.378. The van der Waals surface area contributed by atoms with E-state index in [1.807, 2.05) is 0 Å². The van der Waals surface area contributed by atoms with Gasteiger partial charge in [-0.3, -0.25) is 9.69 Å². The predicted octanol–water partition coefficient (Wildman–Crippen LogP) is 5.00. The molecule has 1 atom stereocenters. The van der Waals surface area contributed by atoms with Crippen LogP contribution < -0.4 is 14.4 Å². The minimum atomic E-state index is -4.19. The molecule has 3 aromatic rings. The van der Waals surface area contributed by atoms with E-state index >= 15 is 0 Å². The van der Waals surface area contributed by atoms with E-state index in [9.17, 15) is 17.6 Å². The standard InChI is InChI=1S/C24H19ClFNO5S/c1-31-20-12-5-16(21(14-20)32-2)13-22-23(28)27(19-10-6-17(25)7-11-19)24(33(22,29)30)15-3-8-18(26)9-4-15/h3-14,24H,1-2H3. The number of ether oxygens (including phenoxy) is 2. The summed E-state index contributed by atoms with van der Waals surface area (Å²) < 4.78 is 51.4. The second-order valence-electron chi connectivity index (χ2n) is 7.22. The molecule has 1 aliphatic rings. The van der Waals surface area contributed by atoms with Crippen LogP contribution >= 0.6 is 11.6 Å². The van der Waals surface area contributed by atoms with Crippen LogP contribution in [0.1, 0.15) is 16.5 Å². The van der Waals surface area contributed by atoms with Gasteiger partial charge in [-0.15, -0.1) is 0 Å². The van der Waals surface area contributed by atoms with Gasteiger partial charge in [0, 0.05) is 22.3 Å². The van der Waals surface area contributed by atoms with E-state index < -0.39 is 31.8 Å². The molecule has 0 saturated carbocycles. The van der Waals surface area contributed by atoms with Gasteiger partial charge in [-0.1, -0.05) is 23.7 Å². The maximum atomic E-state index is 13.7. The Balaban J connectivity index is 1.91. The third kappa shape index (κ3) is 4.19. The lowest BCUT2D eigenvalue weighted by Gasteiger charge is -2.23. The van der Waals surface area contributed by atoms with Gasteiger partial charge in [-0.2, -0.15) is 0 Å². The van der Waals surface area contributed by atoms with Crippen LogP contribution in [0.25, 0.3) is 6.08 Å². The number of sulfone groups is 1. The maximum absolute atomic E-state index is 13.7. The first-order valence-electron chi connectivity index (χ1n) is 9.78. The number of carbonyl (C=O) groups is 1. The molecule has 0 N–H and O–H groups in total. The third-order valence-corrected chi connectivity index (χ3v) is 7.48. The van der Waals surface area contributed by atoms with Crippen molar-refractivity contribution in [3.63, 3.8) is 0 Å². The summed E-state index contributed by atoms with van der Waals surface area (Å²) in [4.78, 5) is 14.3. The number of hydrogen-bond donors (Lipinski definition) is 0. The highest BCUT2D eigenvalue weighted by molar-refractivity contribution is 7.97. The van der Waals surface area contributed by atoms with Gasteiger partial charge in [-0.25, -0.2) is 12.8 Å². The maximum Gasteiger partial charge on any atom is 0.271 e. The summed E-state index contributed by atoms with van der Waals surface area (Å²) in [5, 5.41) is -0.937. The zero-order valence-electron chi connectivity index (χ0n) is 17.7. The van der Waals surface area contributed by atoms with E-state index in [0.717, 1.165) is 12.1 Å². The highest BCUT2D eigenvalue weighted by atomic mass is 35.5. The number of carbonyl (C=O) groups excluding carboxylic acids is 1. The Kier molecular flexibility index (Phi) is 6.14. The molecule has 170 valence electrons. The Morgan fingerprint density at radius 3 is 2.24 bits per heavy atom. The zero-order valence-corrected chi connectivity index (χ0v) is 19.2. The lowest BCUT2D eigenvalue weighted by Crippen LogP contribution is -2.28. The molecule has 0 radical (unpaired) electrons. The Labute approximate surface area is 195 Å². The third-order valence-electron chi connectivity index (χ3n) is 5.25. The van der Waals surface area contributed by atoms with Crippen molar-refractivity contribution in [2.45, 2.75) is 5.37 Å². The Bertz CT molecular complexity index is 1340. The average Bonchev–Trinajstić information content (AvgIpc) is 3.00. The first kappa shape index (κ1) is 22.8. The van der Waals surface area contributed by atoms with Crippen molar-refractivity contribution in [2.24, 2.45) is 0 Å². The van der Waals surface area contributed by atoms with Gasteiger partial charge in [0.05, 0.1) is 14.2 Å². The van der Waals surface area contributed by atoms with Crippen LogP contribution in [0.5, 0.6) is 11.5 Å². The topological polar surface area (TPSA) is 72.9 Å². The fourth-order valence-corrected chi connectivity index (χ4v) is 5.65. The van der Waals surface area contributed by atoms with E-state index in [0.29, 0.717) is 27.8 Å². The summed E-state index contributed by atoms with van der Waals surface area (Å²) in [6, 6.07) is 16.1. The van der Waals surface area contributed by atoms with Crippen LogP contribution in [0, 0.1) is 5.82 Å². The van der Waals surface area contributed by atoms with Crippen LogP contribution in [-0.4, -0.2) is 28.5 Å². The lowest BCUT2D eigenvalue weighted by molar-refractivity contribution is -0.114. The van der Waals surface area contributed by atoms with Gasteiger partial charge in [-0.05, 0) is 60.2 Å².